The van der Waals surface area contributed by atoms with Crippen LogP contribution in [-0.2, 0) is 11.3 Å². The first-order valence-electron chi connectivity index (χ1n) is 9.14. The van der Waals surface area contributed by atoms with Crippen LogP contribution >= 0.6 is 0 Å². The SMILES string of the molecule is Cc1ccc(OC(F)F)c(CN=C(NCC(=O)N(C)C)NC2CCCC2)c1. The molecule has 0 unspecified atom stereocenters. The predicted octanol–water partition coefficient (Wildman–Crippen LogP) is 2.66. The number of nitrogens with zero attached hydrogens (tertiary/aromatic N) is 2. The summed E-state index contributed by atoms with van der Waals surface area (Å²) in [6.07, 6.45) is 4.41. The summed E-state index contributed by atoms with van der Waals surface area (Å²) >= 11 is 0. The van der Waals surface area contributed by atoms with Crippen LogP contribution in [0.1, 0.15) is 36.8 Å². The average molecular weight is 382 g/mol. The number of carbonyl (C=O) groups is 1. The van der Waals surface area contributed by atoms with Crippen molar-refractivity contribution >= 4 is 11.9 Å². The van der Waals surface area contributed by atoms with Gasteiger partial charge in [-0.25, -0.2) is 4.99 Å². The first kappa shape index (κ1) is 20.9. The van der Waals surface area contributed by atoms with E-state index in [0.717, 1.165) is 31.2 Å². The predicted molar refractivity (Wildman–Crippen MR) is 101 cm³/mol. The summed E-state index contributed by atoms with van der Waals surface area (Å²) < 4.78 is 29.9. The van der Waals surface area contributed by atoms with Crippen molar-refractivity contribution in [2.45, 2.75) is 51.8 Å². The van der Waals surface area contributed by atoms with Crippen LogP contribution in [-0.4, -0.2) is 50.1 Å². The van der Waals surface area contributed by atoms with Crippen molar-refractivity contribution in [3.8, 4) is 5.75 Å². The van der Waals surface area contributed by atoms with Gasteiger partial charge in [-0.05, 0) is 25.8 Å². The third kappa shape index (κ3) is 7.03. The summed E-state index contributed by atoms with van der Waals surface area (Å²) in [5, 5.41) is 6.37. The number of benzene rings is 1. The summed E-state index contributed by atoms with van der Waals surface area (Å²) in [5.41, 5.74) is 1.50. The van der Waals surface area contributed by atoms with Gasteiger partial charge in [-0.3, -0.25) is 4.79 Å². The molecule has 150 valence electrons. The minimum absolute atomic E-state index is 0.0757. The molecular weight excluding hydrogens is 354 g/mol. The Hall–Kier alpha value is -2.38. The summed E-state index contributed by atoms with van der Waals surface area (Å²) in [6.45, 7) is -0.727. The Morgan fingerprint density at radius 2 is 2.04 bits per heavy atom. The third-order valence-electron chi connectivity index (χ3n) is 4.44. The van der Waals surface area contributed by atoms with Gasteiger partial charge in [0.05, 0.1) is 13.1 Å². The quantitative estimate of drug-likeness (QED) is 0.562. The van der Waals surface area contributed by atoms with Crippen LogP contribution in [0.25, 0.3) is 0 Å². The molecular formula is C19H28F2N4O2. The van der Waals surface area contributed by atoms with Crippen molar-refractivity contribution in [1.29, 1.82) is 0 Å². The molecule has 0 aliphatic heterocycles. The van der Waals surface area contributed by atoms with Crippen molar-refractivity contribution in [2.75, 3.05) is 20.6 Å². The zero-order valence-electron chi connectivity index (χ0n) is 16.1. The maximum Gasteiger partial charge on any atom is 0.387 e. The molecule has 0 radical (unpaired) electrons. The first-order valence-corrected chi connectivity index (χ1v) is 9.14. The van der Waals surface area contributed by atoms with Gasteiger partial charge in [0.25, 0.3) is 0 Å². The van der Waals surface area contributed by atoms with Gasteiger partial charge in [-0.1, -0.05) is 30.5 Å². The van der Waals surface area contributed by atoms with Crippen LogP contribution in [0.5, 0.6) is 5.75 Å². The van der Waals surface area contributed by atoms with Crippen LogP contribution in [0, 0.1) is 6.92 Å². The molecule has 1 aliphatic carbocycles. The number of ether oxygens (including phenoxy) is 1. The Balaban J connectivity index is 2.12. The molecule has 1 aromatic rings. The molecule has 1 saturated carbocycles. The van der Waals surface area contributed by atoms with E-state index in [-0.39, 0.29) is 24.7 Å². The lowest BCUT2D eigenvalue weighted by Crippen LogP contribution is -2.46. The second-order valence-corrected chi connectivity index (χ2v) is 6.92. The molecule has 0 aromatic heterocycles. The summed E-state index contributed by atoms with van der Waals surface area (Å²) in [4.78, 5) is 17.8. The fourth-order valence-electron chi connectivity index (χ4n) is 2.94. The van der Waals surface area contributed by atoms with E-state index in [0.29, 0.717) is 17.6 Å². The number of likely N-dealkylation sites (N-methyl/N-ethyl adjacent to an activating group) is 1. The lowest BCUT2D eigenvalue weighted by atomic mass is 10.1. The van der Waals surface area contributed by atoms with E-state index in [1.165, 1.54) is 11.0 Å². The molecule has 2 N–H and O–H groups in total. The molecule has 1 fully saturated rings. The maximum absolute atomic E-state index is 12.6. The van der Waals surface area contributed by atoms with Crippen molar-refractivity contribution in [3.63, 3.8) is 0 Å². The number of aliphatic imine (C=N–C) groups is 1. The number of amides is 1. The van der Waals surface area contributed by atoms with Crippen molar-refractivity contribution in [2.24, 2.45) is 4.99 Å². The highest BCUT2D eigenvalue weighted by Crippen LogP contribution is 2.23. The molecule has 8 heteroatoms. The number of halogens is 2. The molecule has 6 nitrogen and oxygen atoms in total. The van der Waals surface area contributed by atoms with E-state index in [2.05, 4.69) is 20.4 Å². The van der Waals surface area contributed by atoms with E-state index in [9.17, 15) is 13.6 Å². The zero-order valence-corrected chi connectivity index (χ0v) is 16.1. The number of alkyl halides is 2. The minimum atomic E-state index is -2.89. The standard InChI is InChI=1S/C19H28F2N4O2/c1-13-8-9-16(27-18(20)21)14(10-13)11-22-19(23-12-17(26)25(2)3)24-15-6-4-5-7-15/h8-10,15,18H,4-7,11-12H2,1-3H3,(H2,22,23,24). The van der Waals surface area contributed by atoms with Crippen molar-refractivity contribution in [3.05, 3.63) is 29.3 Å². The second kappa shape index (κ2) is 10.1. The molecule has 0 saturated heterocycles. The van der Waals surface area contributed by atoms with Gasteiger partial charge in [-0.15, -0.1) is 0 Å². The van der Waals surface area contributed by atoms with Gasteiger partial charge < -0.3 is 20.3 Å². The van der Waals surface area contributed by atoms with Gasteiger partial charge in [0.2, 0.25) is 5.91 Å². The summed E-state index contributed by atoms with van der Waals surface area (Å²) in [7, 11) is 3.37. The molecule has 1 aromatic carbocycles. The zero-order chi connectivity index (χ0) is 19.8. The number of aryl methyl sites for hydroxylation is 1. The molecule has 1 amide bonds. The number of guanidine groups is 1. The van der Waals surface area contributed by atoms with Crippen LogP contribution in [0.2, 0.25) is 0 Å². The Bertz CT molecular complexity index is 659. The van der Waals surface area contributed by atoms with E-state index < -0.39 is 6.61 Å². The Labute approximate surface area is 159 Å². The van der Waals surface area contributed by atoms with Crippen LogP contribution in [0.15, 0.2) is 23.2 Å². The van der Waals surface area contributed by atoms with Gasteiger partial charge in [0, 0.05) is 25.7 Å². The van der Waals surface area contributed by atoms with Crippen LogP contribution in [0.3, 0.4) is 0 Å². The van der Waals surface area contributed by atoms with E-state index in [1.54, 1.807) is 26.2 Å². The van der Waals surface area contributed by atoms with Crippen molar-refractivity contribution in [1.82, 2.24) is 15.5 Å². The number of hydrogen-bond acceptors (Lipinski definition) is 3. The van der Waals surface area contributed by atoms with E-state index in [1.807, 2.05) is 6.92 Å². The molecule has 2 rings (SSSR count). The fourth-order valence-corrected chi connectivity index (χ4v) is 2.94. The summed E-state index contributed by atoms with van der Waals surface area (Å²) in [6, 6.07) is 5.33. The molecule has 27 heavy (non-hydrogen) atoms. The lowest BCUT2D eigenvalue weighted by Gasteiger charge is -2.19. The van der Waals surface area contributed by atoms with Gasteiger partial charge in [0.1, 0.15) is 5.75 Å². The highest BCUT2D eigenvalue weighted by molar-refractivity contribution is 5.86. The lowest BCUT2D eigenvalue weighted by molar-refractivity contribution is -0.127. The van der Waals surface area contributed by atoms with Gasteiger partial charge >= 0.3 is 6.61 Å². The molecule has 0 spiro atoms. The summed E-state index contributed by atoms with van der Waals surface area (Å²) in [5.74, 6) is 0.540. The molecule has 0 heterocycles. The highest BCUT2D eigenvalue weighted by Gasteiger charge is 2.17. The van der Waals surface area contributed by atoms with Crippen molar-refractivity contribution < 1.29 is 18.3 Å². The fraction of sp³-hybridized carbons (Fsp3) is 0.579. The topological polar surface area (TPSA) is 66.0 Å². The van der Waals surface area contributed by atoms with Gasteiger partial charge in [-0.2, -0.15) is 8.78 Å². The number of rotatable bonds is 7. The molecule has 0 atom stereocenters. The maximum atomic E-state index is 12.6. The third-order valence-corrected chi connectivity index (χ3v) is 4.44. The average Bonchev–Trinajstić information content (AvgIpc) is 3.11. The molecule has 0 bridgehead atoms. The Morgan fingerprint density at radius 1 is 1.33 bits per heavy atom. The molecule has 1 aliphatic rings. The monoisotopic (exact) mass is 382 g/mol. The smallest absolute Gasteiger partial charge is 0.387 e. The van der Waals surface area contributed by atoms with E-state index in [4.69, 9.17) is 0 Å². The van der Waals surface area contributed by atoms with Gasteiger partial charge in [0.15, 0.2) is 5.96 Å². The number of hydrogen-bond donors (Lipinski definition) is 2. The number of nitrogens with one attached hydrogen (secondary N) is 2. The van der Waals surface area contributed by atoms with Crippen LogP contribution < -0.4 is 15.4 Å². The second-order valence-electron chi connectivity index (χ2n) is 6.92. The normalized spacial score (nSPS) is 15.1. The largest absolute Gasteiger partial charge is 0.434 e. The van der Waals surface area contributed by atoms with E-state index >= 15 is 0 Å². The Morgan fingerprint density at radius 3 is 2.67 bits per heavy atom. The highest BCUT2D eigenvalue weighted by atomic mass is 19.3. The Kier molecular flexibility index (Phi) is 7.82. The number of carbonyl (C=O) groups excluding carboxylic acids is 1. The minimum Gasteiger partial charge on any atom is -0.434 e. The van der Waals surface area contributed by atoms with Crippen LogP contribution in [0.4, 0.5) is 8.78 Å². The first-order chi connectivity index (χ1) is 12.8.